The molecule has 1 aromatic heterocycles. The summed E-state index contributed by atoms with van der Waals surface area (Å²) in [6, 6.07) is 14.2. The lowest BCUT2D eigenvalue weighted by Crippen LogP contribution is -2.09. The number of hydrogen-bond acceptors (Lipinski definition) is 9. The van der Waals surface area contributed by atoms with E-state index in [1.807, 2.05) is 0 Å². The van der Waals surface area contributed by atoms with Crippen molar-refractivity contribution in [2.45, 2.75) is 0 Å². The van der Waals surface area contributed by atoms with Crippen LogP contribution in [0.4, 0.5) is 11.5 Å². The Morgan fingerprint density at radius 2 is 1.84 bits per heavy atom. The summed E-state index contributed by atoms with van der Waals surface area (Å²) in [5, 5.41) is 14.7. The Hall–Kier alpha value is -4.47. The maximum Gasteiger partial charge on any atom is 0.343 e. The van der Waals surface area contributed by atoms with Crippen LogP contribution in [-0.2, 0) is 0 Å². The number of methoxy groups -OCH3 is 2. The molecule has 3 aromatic rings. The van der Waals surface area contributed by atoms with Crippen LogP contribution in [0.2, 0.25) is 0 Å². The fraction of sp³-hybridized carbons (Fsp3) is 0.0952. The van der Waals surface area contributed by atoms with Gasteiger partial charge in [0.25, 0.3) is 5.69 Å². The molecule has 3 rings (SSSR count). The molecule has 0 fully saturated rings. The van der Waals surface area contributed by atoms with E-state index < -0.39 is 10.9 Å². The maximum atomic E-state index is 12.4. The van der Waals surface area contributed by atoms with Crippen LogP contribution >= 0.6 is 0 Å². The Kier molecular flexibility index (Phi) is 6.74. The largest absolute Gasteiger partial charge is 0.497 e. The molecular weight excluding hydrogens is 404 g/mol. The van der Waals surface area contributed by atoms with Gasteiger partial charge >= 0.3 is 5.97 Å². The molecule has 2 aromatic carbocycles. The Labute approximate surface area is 177 Å². The summed E-state index contributed by atoms with van der Waals surface area (Å²) in [5.41, 5.74) is 3.52. The van der Waals surface area contributed by atoms with Gasteiger partial charge < -0.3 is 14.2 Å². The number of hydrazone groups is 1. The van der Waals surface area contributed by atoms with Gasteiger partial charge in [0, 0.05) is 6.07 Å². The molecular formula is C21H18N4O6. The Balaban J connectivity index is 1.71. The number of carbonyl (C=O) groups is 1. The van der Waals surface area contributed by atoms with Crippen molar-refractivity contribution in [3.05, 3.63) is 82.0 Å². The first kappa shape index (κ1) is 21.2. The van der Waals surface area contributed by atoms with Gasteiger partial charge in [-0.25, -0.2) is 9.78 Å². The Morgan fingerprint density at radius 3 is 2.45 bits per heavy atom. The molecule has 0 radical (unpaired) electrons. The molecule has 10 heteroatoms. The molecule has 0 aliphatic carbocycles. The van der Waals surface area contributed by atoms with Gasteiger partial charge in [0.1, 0.15) is 17.8 Å². The number of nitrogens with one attached hydrogen (secondary N) is 1. The van der Waals surface area contributed by atoms with Crippen LogP contribution in [0, 0.1) is 10.1 Å². The average Bonchev–Trinajstić information content (AvgIpc) is 2.79. The zero-order valence-electron chi connectivity index (χ0n) is 16.6. The van der Waals surface area contributed by atoms with Crippen LogP contribution in [0.25, 0.3) is 0 Å². The number of nitro groups is 1. The van der Waals surface area contributed by atoms with Crippen molar-refractivity contribution in [1.82, 2.24) is 4.98 Å². The highest BCUT2D eigenvalue weighted by molar-refractivity contribution is 5.92. The van der Waals surface area contributed by atoms with Crippen molar-refractivity contribution in [2.75, 3.05) is 19.6 Å². The monoisotopic (exact) mass is 422 g/mol. The van der Waals surface area contributed by atoms with Crippen LogP contribution in [0.3, 0.4) is 0 Å². The number of benzene rings is 2. The molecule has 0 amide bonds. The second kappa shape index (κ2) is 9.83. The van der Waals surface area contributed by atoms with E-state index in [0.29, 0.717) is 28.4 Å². The normalized spacial score (nSPS) is 10.5. The number of nitrogens with zero attached hydrogens (tertiary/aromatic N) is 3. The maximum absolute atomic E-state index is 12.4. The molecule has 0 saturated carbocycles. The van der Waals surface area contributed by atoms with Crippen LogP contribution < -0.4 is 19.6 Å². The van der Waals surface area contributed by atoms with E-state index in [2.05, 4.69) is 15.5 Å². The fourth-order valence-electron chi connectivity index (χ4n) is 2.47. The number of pyridine rings is 1. The van der Waals surface area contributed by atoms with Gasteiger partial charge in [-0.3, -0.25) is 15.5 Å². The topological polar surface area (TPSA) is 125 Å². The van der Waals surface area contributed by atoms with E-state index >= 15 is 0 Å². The van der Waals surface area contributed by atoms with Gasteiger partial charge in [-0.05, 0) is 54.1 Å². The Bertz CT molecular complexity index is 1100. The summed E-state index contributed by atoms with van der Waals surface area (Å²) in [4.78, 5) is 26.5. The summed E-state index contributed by atoms with van der Waals surface area (Å²) in [6.07, 6.45) is 2.61. The summed E-state index contributed by atoms with van der Waals surface area (Å²) in [5.74, 6) is 1.01. The van der Waals surface area contributed by atoms with Crippen LogP contribution in [-0.4, -0.2) is 36.3 Å². The van der Waals surface area contributed by atoms with Crippen molar-refractivity contribution in [2.24, 2.45) is 5.10 Å². The number of esters is 1. The average molecular weight is 422 g/mol. The minimum Gasteiger partial charge on any atom is -0.497 e. The van der Waals surface area contributed by atoms with E-state index in [4.69, 9.17) is 14.2 Å². The van der Waals surface area contributed by atoms with Crippen molar-refractivity contribution < 1.29 is 23.9 Å². The van der Waals surface area contributed by atoms with Gasteiger partial charge in [-0.2, -0.15) is 5.10 Å². The van der Waals surface area contributed by atoms with Gasteiger partial charge in [-0.15, -0.1) is 0 Å². The molecule has 0 bridgehead atoms. The van der Waals surface area contributed by atoms with Crippen LogP contribution in [0.1, 0.15) is 15.9 Å². The lowest BCUT2D eigenvalue weighted by atomic mass is 10.2. The van der Waals surface area contributed by atoms with E-state index in [1.54, 1.807) is 42.5 Å². The predicted molar refractivity (Wildman–Crippen MR) is 113 cm³/mol. The molecule has 31 heavy (non-hydrogen) atoms. The van der Waals surface area contributed by atoms with Crippen LogP contribution in [0.5, 0.6) is 17.2 Å². The lowest BCUT2D eigenvalue weighted by molar-refractivity contribution is -0.385. The first-order chi connectivity index (χ1) is 15.0. The van der Waals surface area contributed by atoms with Crippen LogP contribution in [0.15, 0.2) is 65.9 Å². The highest BCUT2D eigenvalue weighted by Gasteiger charge is 2.13. The lowest BCUT2D eigenvalue weighted by Gasteiger charge is -2.10. The number of ether oxygens (including phenoxy) is 3. The van der Waals surface area contributed by atoms with Gasteiger partial charge in [-0.1, -0.05) is 0 Å². The third-order valence-electron chi connectivity index (χ3n) is 4.07. The third kappa shape index (κ3) is 5.54. The molecule has 158 valence electrons. The number of aromatic nitrogens is 1. The van der Waals surface area contributed by atoms with E-state index in [9.17, 15) is 14.9 Å². The van der Waals surface area contributed by atoms with Gasteiger partial charge in [0.2, 0.25) is 0 Å². The second-order valence-corrected chi connectivity index (χ2v) is 6.06. The molecule has 0 unspecified atom stereocenters. The zero-order chi connectivity index (χ0) is 22.2. The van der Waals surface area contributed by atoms with Gasteiger partial charge in [0.05, 0.1) is 30.9 Å². The van der Waals surface area contributed by atoms with Crippen molar-refractivity contribution in [1.29, 1.82) is 0 Å². The smallest absolute Gasteiger partial charge is 0.343 e. The minimum absolute atomic E-state index is 0.118. The van der Waals surface area contributed by atoms with E-state index in [-0.39, 0.29) is 11.4 Å². The summed E-state index contributed by atoms with van der Waals surface area (Å²) < 4.78 is 15.8. The Morgan fingerprint density at radius 1 is 1.06 bits per heavy atom. The van der Waals surface area contributed by atoms with E-state index in [0.717, 1.165) is 6.20 Å². The minimum atomic E-state index is -0.553. The van der Waals surface area contributed by atoms with Crippen molar-refractivity contribution in [3.63, 3.8) is 0 Å². The molecule has 0 aliphatic heterocycles. The third-order valence-corrected chi connectivity index (χ3v) is 4.07. The number of anilines is 1. The zero-order valence-corrected chi connectivity index (χ0v) is 16.6. The summed E-state index contributed by atoms with van der Waals surface area (Å²) >= 11 is 0. The molecule has 0 saturated heterocycles. The molecule has 10 nitrogen and oxygen atoms in total. The van der Waals surface area contributed by atoms with Crippen molar-refractivity contribution >= 4 is 23.7 Å². The molecule has 0 spiro atoms. The quantitative estimate of drug-likeness (QED) is 0.192. The highest BCUT2D eigenvalue weighted by Crippen LogP contribution is 2.28. The molecule has 0 atom stereocenters. The second-order valence-electron chi connectivity index (χ2n) is 6.06. The molecule has 1 heterocycles. The predicted octanol–water partition coefficient (Wildman–Crippen LogP) is 3.67. The number of rotatable bonds is 8. The van der Waals surface area contributed by atoms with E-state index in [1.165, 1.54) is 32.6 Å². The van der Waals surface area contributed by atoms with Gasteiger partial charge in [0.15, 0.2) is 11.5 Å². The summed E-state index contributed by atoms with van der Waals surface area (Å²) in [6.45, 7) is 0. The SMILES string of the molecule is COc1ccc(C(=O)Oc2cc(/C=N\Nc3ccc([N+](=O)[O-])cn3)ccc2OC)cc1. The van der Waals surface area contributed by atoms with Crippen molar-refractivity contribution in [3.8, 4) is 17.2 Å². The first-order valence-corrected chi connectivity index (χ1v) is 8.94. The summed E-state index contributed by atoms with van der Waals surface area (Å²) in [7, 11) is 3.01. The molecule has 0 aliphatic rings. The number of hydrogen-bond donors (Lipinski definition) is 1. The number of carbonyl (C=O) groups excluding carboxylic acids is 1. The fourth-order valence-corrected chi connectivity index (χ4v) is 2.47. The highest BCUT2D eigenvalue weighted by atomic mass is 16.6. The standard InChI is InChI=1S/C21H18N4O6/c1-29-17-7-4-15(5-8-17)21(26)31-19-11-14(3-9-18(19)30-2)12-23-24-20-10-6-16(13-22-20)25(27)28/h3-13H,1-2H3,(H,22,24)/b23-12-. The first-order valence-electron chi connectivity index (χ1n) is 8.94. The molecule has 1 N–H and O–H groups in total.